The normalized spacial score (nSPS) is 21.4. The molecule has 3 heterocycles. The summed E-state index contributed by atoms with van der Waals surface area (Å²) in [5, 5.41) is 8.27. The first kappa shape index (κ1) is 25.9. The number of piperidine rings is 1. The molecule has 1 saturated heterocycles. The van der Waals surface area contributed by atoms with Gasteiger partial charge in [-0.2, -0.15) is 5.10 Å². The van der Waals surface area contributed by atoms with Crippen LogP contribution in [0.1, 0.15) is 54.1 Å². The smallest absolute Gasteiger partial charge is 0.245 e. The number of benzene rings is 2. The highest BCUT2D eigenvalue weighted by atomic mass is 16.2. The number of fused-ring (bicyclic) bond motifs is 2. The Bertz CT molecular complexity index is 1660. The maximum absolute atomic E-state index is 13.8. The first-order chi connectivity index (χ1) is 19.1. The van der Waals surface area contributed by atoms with Crippen molar-refractivity contribution in [3.05, 3.63) is 77.5 Å². The lowest BCUT2D eigenvalue weighted by Crippen LogP contribution is -2.48. The molecule has 0 radical (unpaired) electrons. The lowest BCUT2D eigenvalue weighted by Gasteiger charge is -2.27. The molecule has 2 amide bonds. The molecule has 0 bridgehead atoms. The highest BCUT2D eigenvalue weighted by molar-refractivity contribution is 6.06. The molecule has 0 unspecified atom stereocenters. The Balaban J connectivity index is 1.25. The van der Waals surface area contributed by atoms with E-state index in [4.69, 9.17) is 0 Å². The molecule has 2 fully saturated rings. The zero-order chi connectivity index (χ0) is 28.2. The zero-order valence-electron chi connectivity index (χ0n) is 23.1. The van der Waals surface area contributed by atoms with E-state index in [1.165, 1.54) is 6.92 Å². The topological polar surface area (TPSA) is 110 Å². The highest BCUT2D eigenvalue weighted by Gasteiger charge is 2.64. The van der Waals surface area contributed by atoms with E-state index in [9.17, 15) is 14.4 Å². The van der Waals surface area contributed by atoms with Crippen LogP contribution in [0.5, 0.6) is 0 Å². The summed E-state index contributed by atoms with van der Waals surface area (Å²) in [5.74, 6) is 0.192. The molecule has 9 heteroatoms. The maximum Gasteiger partial charge on any atom is 0.245 e. The number of hydrogen-bond acceptors (Lipinski definition) is 6. The summed E-state index contributed by atoms with van der Waals surface area (Å²) >= 11 is 0. The predicted molar refractivity (Wildman–Crippen MR) is 150 cm³/mol. The quantitative estimate of drug-likeness (QED) is 0.358. The minimum absolute atomic E-state index is 0.0384. The van der Waals surface area contributed by atoms with E-state index in [1.54, 1.807) is 22.0 Å². The molecule has 6 rings (SSSR count). The minimum Gasteiger partial charge on any atom is -0.350 e. The van der Waals surface area contributed by atoms with Gasteiger partial charge in [0.2, 0.25) is 11.8 Å². The van der Waals surface area contributed by atoms with Crippen LogP contribution in [0.3, 0.4) is 0 Å². The third-order valence-corrected chi connectivity index (χ3v) is 8.42. The number of aryl methyl sites for hydroxylation is 2. The van der Waals surface area contributed by atoms with Gasteiger partial charge in [-0.3, -0.25) is 19.1 Å². The van der Waals surface area contributed by atoms with Crippen molar-refractivity contribution in [2.45, 2.75) is 65.7 Å². The molecule has 204 valence electrons. The summed E-state index contributed by atoms with van der Waals surface area (Å²) in [6.45, 7) is 7.83. The fourth-order valence-electron chi connectivity index (χ4n) is 5.96. The second kappa shape index (κ2) is 9.66. The largest absolute Gasteiger partial charge is 0.350 e. The third-order valence-electron chi connectivity index (χ3n) is 8.42. The molecular weight excluding hydrogens is 504 g/mol. The number of carbonyl (C=O) groups is 3. The van der Waals surface area contributed by atoms with Crippen molar-refractivity contribution >= 4 is 28.5 Å². The van der Waals surface area contributed by atoms with Crippen molar-refractivity contribution in [2.75, 3.05) is 0 Å². The second-order valence-corrected chi connectivity index (χ2v) is 11.4. The van der Waals surface area contributed by atoms with Gasteiger partial charge in [-0.1, -0.05) is 37.3 Å². The highest BCUT2D eigenvalue weighted by Crippen LogP contribution is 2.59. The number of Topliss-reactive ketones (excluding diaryl/α,β-unsaturated/α-hetero) is 1. The van der Waals surface area contributed by atoms with E-state index >= 15 is 0 Å². The minimum atomic E-state index is -0.525. The molecule has 2 aliphatic rings. The Kier molecular flexibility index (Phi) is 6.24. The number of amides is 2. The maximum atomic E-state index is 13.8. The summed E-state index contributed by atoms with van der Waals surface area (Å²) in [5.41, 5.74) is 4.81. The number of hydrogen-bond donors (Lipinski definition) is 1. The molecule has 3 atom stereocenters. The van der Waals surface area contributed by atoms with Gasteiger partial charge in [0.05, 0.1) is 5.52 Å². The van der Waals surface area contributed by atoms with E-state index in [1.807, 2.05) is 56.3 Å². The summed E-state index contributed by atoms with van der Waals surface area (Å²) in [4.78, 5) is 49.9. The molecule has 2 aromatic heterocycles. The van der Waals surface area contributed by atoms with Crippen LogP contribution < -0.4 is 5.32 Å². The summed E-state index contributed by atoms with van der Waals surface area (Å²) in [7, 11) is 0. The van der Waals surface area contributed by atoms with Crippen LogP contribution in [0.25, 0.3) is 22.0 Å². The molecule has 2 aromatic carbocycles. The molecule has 0 spiro atoms. The summed E-state index contributed by atoms with van der Waals surface area (Å²) in [6.07, 6.45) is 5.02. The summed E-state index contributed by atoms with van der Waals surface area (Å²) in [6, 6.07) is 13.1. The van der Waals surface area contributed by atoms with E-state index in [0.29, 0.717) is 35.4 Å². The van der Waals surface area contributed by atoms with Gasteiger partial charge in [-0.15, -0.1) is 0 Å². The van der Waals surface area contributed by atoms with E-state index < -0.39 is 6.04 Å². The molecule has 4 aromatic rings. The summed E-state index contributed by atoms with van der Waals surface area (Å²) < 4.78 is 1.59. The molecule has 1 aliphatic carbocycles. The zero-order valence-corrected chi connectivity index (χ0v) is 23.1. The average molecular weight is 537 g/mol. The van der Waals surface area contributed by atoms with Gasteiger partial charge < -0.3 is 10.2 Å². The van der Waals surface area contributed by atoms with E-state index in [2.05, 4.69) is 27.3 Å². The number of carbonyl (C=O) groups excluding carboxylic acids is 3. The number of likely N-dealkylation sites (tertiary alicyclic amines) is 1. The number of aromatic nitrogens is 4. The second-order valence-electron chi connectivity index (χ2n) is 11.4. The first-order valence-corrected chi connectivity index (χ1v) is 13.6. The van der Waals surface area contributed by atoms with Crippen molar-refractivity contribution in [2.24, 2.45) is 5.41 Å². The van der Waals surface area contributed by atoms with Gasteiger partial charge in [0.15, 0.2) is 5.78 Å². The lowest BCUT2D eigenvalue weighted by molar-refractivity contribution is -0.140. The van der Waals surface area contributed by atoms with Crippen molar-refractivity contribution in [1.29, 1.82) is 0 Å². The molecule has 1 saturated carbocycles. The number of nitrogens with zero attached hydrogens (tertiary/aromatic N) is 5. The van der Waals surface area contributed by atoms with Crippen molar-refractivity contribution in [3.8, 4) is 11.1 Å². The fourth-order valence-corrected chi connectivity index (χ4v) is 5.96. The van der Waals surface area contributed by atoms with Crippen LogP contribution in [0.2, 0.25) is 0 Å². The average Bonchev–Trinajstić information content (AvgIpc) is 3.30. The monoisotopic (exact) mass is 536 g/mol. The Hall–Kier alpha value is -4.40. The van der Waals surface area contributed by atoms with Crippen LogP contribution >= 0.6 is 0 Å². The van der Waals surface area contributed by atoms with E-state index in [-0.39, 0.29) is 35.6 Å². The van der Waals surface area contributed by atoms with Crippen LogP contribution in [-0.4, -0.2) is 54.3 Å². The molecular formula is C31H32N6O3. The molecule has 9 nitrogen and oxygen atoms in total. The van der Waals surface area contributed by atoms with Crippen LogP contribution in [0.15, 0.2) is 54.9 Å². The van der Waals surface area contributed by atoms with Crippen LogP contribution in [-0.2, 0) is 22.7 Å². The molecule has 1 N–H and O–H groups in total. The Labute approximate surface area is 232 Å². The number of rotatable bonds is 7. The van der Waals surface area contributed by atoms with Gasteiger partial charge in [0.25, 0.3) is 0 Å². The van der Waals surface area contributed by atoms with Gasteiger partial charge in [0, 0.05) is 42.9 Å². The number of ketones is 1. The molecule has 1 aliphatic heterocycles. The van der Waals surface area contributed by atoms with Gasteiger partial charge in [-0.05, 0) is 60.9 Å². The SMILES string of the molecule is CC(=O)c1nn(CC(=O)N2[C@H](C(=O)NCc3ccccc3C)C[C@@]3(C)C[C@@H]23)c2ccc(-c3cnc(C)nc3)cc12. The lowest BCUT2D eigenvalue weighted by atomic mass is 10.0. The third kappa shape index (κ3) is 4.55. The first-order valence-electron chi connectivity index (χ1n) is 13.6. The Morgan fingerprint density at radius 3 is 2.50 bits per heavy atom. The van der Waals surface area contributed by atoms with Crippen molar-refractivity contribution in [3.63, 3.8) is 0 Å². The standard InChI is InChI=1S/C31H32N6O3/c1-18-7-5-6-8-22(18)14-34-30(40)26-12-31(4)13-27(31)37(26)28(39)17-36-25-10-9-21(23-15-32-20(3)33-16-23)11-24(25)29(35-36)19(2)38/h5-11,15-16,26-27H,12-14,17H2,1-4H3,(H,34,40)/t26-,27+,31-/m0/s1. The Morgan fingerprint density at radius 2 is 1.77 bits per heavy atom. The van der Waals surface area contributed by atoms with E-state index in [0.717, 1.165) is 28.7 Å². The van der Waals surface area contributed by atoms with Gasteiger partial charge in [0.1, 0.15) is 24.1 Å². The molecule has 40 heavy (non-hydrogen) atoms. The predicted octanol–water partition coefficient (Wildman–Crippen LogP) is 4.01. The van der Waals surface area contributed by atoms with Crippen molar-refractivity contribution in [1.82, 2.24) is 30.0 Å². The van der Waals surface area contributed by atoms with Gasteiger partial charge in [-0.25, -0.2) is 9.97 Å². The number of nitrogens with one attached hydrogen (secondary N) is 1. The van der Waals surface area contributed by atoms with Crippen molar-refractivity contribution < 1.29 is 14.4 Å². The van der Waals surface area contributed by atoms with Crippen LogP contribution in [0, 0.1) is 19.3 Å². The van der Waals surface area contributed by atoms with Crippen LogP contribution in [0.4, 0.5) is 0 Å². The fraction of sp³-hybridized carbons (Fsp3) is 0.355. The Morgan fingerprint density at radius 1 is 1.02 bits per heavy atom. The van der Waals surface area contributed by atoms with Gasteiger partial charge >= 0.3 is 0 Å².